The Morgan fingerprint density at radius 1 is 1.09 bits per heavy atom. The summed E-state index contributed by atoms with van der Waals surface area (Å²) in [5.74, 6) is 0.723. The van der Waals surface area contributed by atoms with E-state index in [1.54, 1.807) is 13.8 Å². The lowest BCUT2D eigenvalue weighted by molar-refractivity contribution is 0.101. The van der Waals surface area contributed by atoms with Crippen molar-refractivity contribution in [3.63, 3.8) is 0 Å². The van der Waals surface area contributed by atoms with Crippen LogP contribution >= 0.6 is 0 Å². The lowest BCUT2D eigenvalue weighted by Gasteiger charge is -2.24. The first-order valence-electron chi connectivity index (χ1n) is 12.4. The molecule has 2 unspecified atom stereocenters. The third-order valence-electron chi connectivity index (χ3n) is 8.56. The molecule has 4 nitrogen and oxygen atoms in total. The maximum atomic E-state index is 13.4. The normalized spacial score (nSPS) is 24.6. The summed E-state index contributed by atoms with van der Waals surface area (Å²) in [6.45, 7) is 3.85. The Kier molecular flexibility index (Phi) is 4.68. The molecular formula is C28H31NO3S. The predicted molar refractivity (Wildman–Crippen MR) is 133 cm³/mol. The Balaban J connectivity index is 1.71. The highest BCUT2D eigenvalue weighted by Gasteiger charge is 2.65. The van der Waals surface area contributed by atoms with Crippen molar-refractivity contribution >= 4 is 26.5 Å². The van der Waals surface area contributed by atoms with E-state index in [2.05, 4.69) is 28.8 Å². The van der Waals surface area contributed by atoms with Crippen LogP contribution in [0.25, 0.3) is 22.2 Å². The van der Waals surface area contributed by atoms with Crippen LogP contribution in [0.3, 0.4) is 0 Å². The first kappa shape index (κ1) is 21.2. The summed E-state index contributed by atoms with van der Waals surface area (Å²) in [7, 11) is -3.25. The predicted octanol–water partition coefficient (Wildman–Crippen LogP) is 6.23. The molecule has 0 spiro atoms. The molecule has 0 radical (unpaired) electrons. The van der Waals surface area contributed by atoms with Crippen LogP contribution in [0.5, 0.6) is 0 Å². The first-order chi connectivity index (χ1) is 15.9. The van der Waals surface area contributed by atoms with Gasteiger partial charge in [0.2, 0.25) is 0 Å². The number of fused-ring (bicyclic) bond motifs is 7. The third-order valence-corrected chi connectivity index (χ3v) is 11.1. The van der Waals surface area contributed by atoms with Gasteiger partial charge in [-0.3, -0.25) is 4.79 Å². The second-order valence-corrected chi connectivity index (χ2v) is 12.9. The molecule has 0 N–H and O–H groups in total. The van der Waals surface area contributed by atoms with E-state index < -0.39 is 14.6 Å². The van der Waals surface area contributed by atoms with E-state index in [0.717, 1.165) is 5.52 Å². The van der Waals surface area contributed by atoms with E-state index in [-0.39, 0.29) is 17.5 Å². The molecule has 172 valence electrons. The Bertz CT molecular complexity index is 1390. The molecule has 2 saturated carbocycles. The molecule has 1 aliphatic heterocycles. The molecule has 2 aliphatic carbocycles. The highest BCUT2D eigenvalue weighted by molar-refractivity contribution is 7.93. The number of benzene rings is 2. The largest absolute Gasteiger partial charge is 0.339 e. The third kappa shape index (κ3) is 2.94. The van der Waals surface area contributed by atoms with Crippen molar-refractivity contribution in [2.24, 2.45) is 0 Å². The molecule has 5 heteroatoms. The number of hydrogen-bond donors (Lipinski definition) is 0. The van der Waals surface area contributed by atoms with Crippen molar-refractivity contribution in [3.05, 3.63) is 59.2 Å². The first-order valence-corrected chi connectivity index (χ1v) is 14.0. The fourth-order valence-electron chi connectivity index (χ4n) is 6.72. The van der Waals surface area contributed by atoms with E-state index in [4.69, 9.17) is 0 Å². The van der Waals surface area contributed by atoms with E-state index >= 15 is 0 Å². The summed E-state index contributed by atoms with van der Waals surface area (Å²) in [5, 5.41) is 1.19. The zero-order valence-electron chi connectivity index (χ0n) is 19.4. The number of carbonyl (C=O) groups excluding carboxylic acids is 1. The summed E-state index contributed by atoms with van der Waals surface area (Å²) >= 11 is 0. The number of aromatic nitrogens is 1. The highest BCUT2D eigenvalue weighted by atomic mass is 32.2. The molecule has 3 aliphatic rings. The lowest BCUT2D eigenvalue weighted by Crippen LogP contribution is -2.31. The van der Waals surface area contributed by atoms with E-state index in [1.807, 2.05) is 18.2 Å². The van der Waals surface area contributed by atoms with Crippen LogP contribution in [0.15, 0.2) is 42.5 Å². The van der Waals surface area contributed by atoms with Crippen molar-refractivity contribution in [2.45, 2.75) is 75.5 Å². The number of hydrogen-bond acceptors (Lipinski definition) is 3. The van der Waals surface area contributed by atoms with Crippen LogP contribution in [-0.2, 0) is 16.4 Å². The van der Waals surface area contributed by atoms with Gasteiger partial charge >= 0.3 is 0 Å². The van der Waals surface area contributed by atoms with Crippen LogP contribution in [0.1, 0.15) is 85.7 Å². The summed E-state index contributed by atoms with van der Waals surface area (Å²) in [6.07, 6.45) is 6.79. The number of ketones is 1. The van der Waals surface area contributed by atoms with E-state index in [1.165, 1.54) is 59.9 Å². The molecular weight excluding hydrogens is 430 g/mol. The minimum atomic E-state index is -3.25. The molecule has 2 atom stereocenters. The van der Waals surface area contributed by atoms with Crippen LogP contribution in [0, 0.1) is 0 Å². The van der Waals surface area contributed by atoms with Crippen LogP contribution in [-0.4, -0.2) is 29.3 Å². The topological polar surface area (TPSA) is 56.1 Å². The standard InChI is InChI=1S/C28H31NO3S/c1-3-33(31,32)28-16-24(28)21-11-7-8-12-22(21)27-26(19-9-5-4-6-10-19)23-14-13-20(18(2)30)15-25(23)29(27)17-28/h7-8,11-15,19,24H,3-6,9-10,16-17H2,1-2H3. The molecule has 0 saturated heterocycles. The van der Waals surface area contributed by atoms with Gasteiger partial charge in [-0.15, -0.1) is 0 Å². The number of nitrogens with zero attached hydrogens (tertiary/aromatic N) is 1. The van der Waals surface area contributed by atoms with Gasteiger partial charge in [0.15, 0.2) is 15.6 Å². The van der Waals surface area contributed by atoms with Crippen molar-refractivity contribution in [2.75, 3.05) is 5.75 Å². The van der Waals surface area contributed by atoms with Gasteiger partial charge in [0.1, 0.15) is 0 Å². The lowest BCUT2D eigenvalue weighted by atomic mass is 9.81. The van der Waals surface area contributed by atoms with Crippen molar-refractivity contribution < 1.29 is 13.2 Å². The number of carbonyl (C=O) groups is 1. The Morgan fingerprint density at radius 3 is 2.58 bits per heavy atom. The molecule has 1 aromatic heterocycles. The molecule has 2 heterocycles. The highest BCUT2D eigenvalue weighted by Crippen LogP contribution is 2.63. The smallest absolute Gasteiger partial charge is 0.159 e. The van der Waals surface area contributed by atoms with Crippen LogP contribution in [0.2, 0.25) is 0 Å². The van der Waals surface area contributed by atoms with Gasteiger partial charge in [-0.05, 0) is 49.3 Å². The molecule has 6 rings (SSSR count). The van der Waals surface area contributed by atoms with Gasteiger partial charge in [-0.2, -0.15) is 0 Å². The second-order valence-electron chi connectivity index (χ2n) is 10.3. The zero-order valence-corrected chi connectivity index (χ0v) is 20.2. The molecule has 0 amide bonds. The van der Waals surface area contributed by atoms with Gasteiger partial charge in [-0.1, -0.05) is 62.6 Å². The minimum absolute atomic E-state index is 0.0425. The average molecular weight is 462 g/mol. The van der Waals surface area contributed by atoms with E-state index in [9.17, 15) is 13.2 Å². The Labute approximate surface area is 195 Å². The van der Waals surface area contributed by atoms with Crippen molar-refractivity contribution in [1.82, 2.24) is 4.57 Å². The summed E-state index contributed by atoms with van der Waals surface area (Å²) in [5.41, 5.74) is 6.65. The molecule has 3 aromatic rings. The van der Waals surface area contributed by atoms with Gasteiger partial charge in [0.25, 0.3) is 0 Å². The zero-order chi connectivity index (χ0) is 23.0. The fourth-order valence-corrected chi connectivity index (χ4v) is 8.60. The maximum absolute atomic E-state index is 13.4. The van der Waals surface area contributed by atoms with Crippen LogP contribution in [0.4, 0.5) is 0 Å². The summed E-state index contributed by atoms with van der Waals surface area (Å²) in [6, 6.07) is 14.5. The summed E-state index contributed by atoms with van der Waals surface area (Å²) in [4.78, 5) is 12.3. The van der Waals surface area contributed by atoms with Crippen LogP contribution < -0.4 is 0 Å². The van der Waals surface area contributed by atoms with Crippen molar-refractivity contribution in [1.29, 1.82) is 0 Å². The number of sulfone groups is 1. The minimum Gasteiger partial charge on any atom is -0.339 e. The van der Waals surface area contributed by atoms with Crippen molar-refractivity contribution in [3.8, 4) is 11.3 Å². The van der Waals surface area contributed by atoms with Gasteiger partial charge in [0, 0.05) is 40.2 Å². The molecule has 2 aromatic carbocycles. The molecule has 33 heavy (non-hydrogen) atoms. The summed E-state index contributed by atoms with van der Waals surface area (Å²) < 4.78 is 28.4. The number of Topliss-reactive ketones (excluding diaryl/α,β-unsaturated/α-hetero) is 1. The Hall–Kier alpha value is -2.40. The second kappa shape index (κ2) is 7.30. The fraction of sp³-hybridized carbons (Fsp3) is 0.464. The quantitative estimate of drug-likeness (QED) is 0.433. The SMILES string of the molecule is CCS(=O)(=O)C12CC1c1ccccc1-c1c(C3CCCCC3)c3ccc(C(C)=O)cc3n1C2. The Morgan fingerprint density at radius 2 is 1.85 bits per heavy atom. The molecule has 2 fully saturated rings. The maximum Gasteiger partial charge on any atom is 0.159 e. The molecule has 0 bridgehead atoms. The van der Waals surface area contributed by atoms with Gasteiger partial charge in [0.05, 0.1) is 10.4 Å². The average Bonchev–Trinajstić information content (AvgIpc) is 3.51. The van der Waals surface area contributed by atoms with Gasteiger partial charge in [-0.25, -0.2) is 8.42 Å². The van der Waals surface area contributed by atoms with E-state index in [0.29, 0.717) is 24.4 Å². The van der Waals surface area contributed by atoms with Gasteiger partial charge < -0.3 is 4.57 Å². The monoisotopic (exact) mass is 461 g/mol. The number of rotatable bonds is 4.